The molecule has 0 aromatic carbocycles. The highest BCUT2D eigenvalue weighted by molar-refractivity contribution is 7.89. The molecule has 9 heteroatoms. The van der Waals surface area contributed by atoms with Gasteiger partial charge in [0.25, 0.3) is 0 Å². The average Bonchev–Trinajstić information content (AvgIpc) is 3.10. The number of nitrogens with zero attached hydrogens (tertiary/aromatic N) is 4. The second-order valence-electron chi connectivity index (χ2n) is 6.99. The third-order valence-corrected chi connectivity index (χ3v) is 6.52. The van der Waals surface area contributed by atoms with Crippen molar-refractivity contribution in [1.29, 1.82) is 0 Å². The Kier molecular flexibility index (Phi) is 5.91. The molecule has 0 aliphatic carbocycles. The van der Waals surface area contributed by atoms with E-state index in [0.717, 1.165) is 5.69 Å². The van der Waals surface area contributed by atoms with Gasteiger partial charge in [-0.3, -0.25) is 14.5 Å². The lowest BCUT2D eigenvalue weighted by Crippen LogP contribution is -2.47. The summed E-state index contributed by atoms with van der Waals surface area (Å²) in [6, 6.07) is 5.62. The maximum Gasteiger partial charge on any atom is 0.246 e. The highest BCUT2D eigenvalue weighted by Gasteiger charge is 2.34. The molecule has 0 saturated carbocycles. The van der Waals surface area contributed by atoms with Crippen LogP contribution in [0, 0.1) is 5.92 Å². The Morgan fingerprint density at radius 1 is 1.41 bits per heavy atom. The Morgan fingerprint density at radius 2 is 2.22 bits per heavy atom. The van der Waals surface area contributed by atoms with Crippen LogP contribution >= 0.6 is 0 Å². The Labute approximate surface area is 159 Å². The molecule has 0 radical (unpaired) electrons. The Bertz CT molecular complexity index is 881. The number of piperidine rings is 1. The number of rotatable bonds is 6. The maximum atomic E-state index is 12.8. The third kappa shape index (κ3) is 4.72. The van der Waals surface area contributed by atoms with Gasteiger partial charge in [0, 0.05) is 50.7 Å². The van der Waals surface area contributed by atoms with E-state index < -0.39 is 10.0 Å². The van der Waals surface area contributed by atoms with E-state index in [1.165, 1.54) is 21.4 Å². The first-order valence-electron chi connectivity index (χ1n) is 9.05. The molecule has 0 bridgehead atoms. The average molecular weight is 391 g/mol. The lowest BCUT2D eigenvalue weighted by molar-refractivity contribution is -0.126. The van der Waals surface area contributed by atoms with E-state index in [2.05, 4.69) is 15.4 Å². The fourth-order valence-electron chi connectivity index (χ4n) is 3.30. The summed E-state index contributed by atoms with van der Waals surface area (Å²) in [5.74, 6) is -0.458. The lowest BCUT2D eigenvalue weighted by Gasteiger charge is -2.31. The standard InChI is InChI=1S/C18H25N5O3S/c1-14(10-16-7-3-4-8-19-16)21-18(24)15-6-5-9-23(12-15)27(25,26)17-11-20-22(2)13-17/h3-4,7-8,11,13-15H,5-6,9-10,12H2,1-2H3,(H,21,24)/t14-,15+/m0/s1. The number of carbonyl (C=O) groups excluding carboxylic acids is 1. The van der Waals surface area contributed by atoms with Gasteiger partial charge in [0.2, 0.25) is 15.9 Å². The van der Waals surface area contributed by atoms with Crippen molar-refractivity contribution in [2.45, 2.75) is 37.1 Å². The van der Waals surface area contributed by atoms with Gasteiger partial charge in [-0.25, -0.2) is 8.42 Å². The fraction of sp³-hybridized carbons (Fsp3) is 0.500. The van der Waals surface area contributed by atoms with E-state index in [-0.39, 0.29) is 29.3 Å². The summed E-state index contributed by atoms with van der Waals surface area (Å²) in [5, 5.41) is 6.93. The molecule has 146 valence electrons. The van der Waals surface area contributed by atoms with Crippen LogP contribution in [0.5, 0.6) is 0 Å². The number of aromatic nitrogens is 3. The predicted molar refractivity (Wildman–Crippen MR) is 100 cm³/mol. The van der Waals surface area contributed by atoms with Crippen molar-refractivity contribution in [2.24, 2.45) is 13.0 Å². The Hall–Kier alpha value is -2.26. The van der Waals surface area contributed by atoms with Crippen molar-refractivity contribution < 1.29 is 13.2 Å². The largest absolute Gasteiger partial charge is 0.353 e. The summed E-state index contributed by atoms with van der Waals surface area (Å²) < 4.78 is 28.4. The number of pyridine rings is 1. The van der Waals surface area contributed by atoms with Crippen LogP contribution in [0.2, 0.25) is 0 Å². The molecular weight excluding hydrogens is 366 g/mol. The van der Waals surface area contributed by atoms with Gasteiger partial charge in [-0.2, -0.15) is 9.40 Å². The predicted octanol–water partition coefficient (Wildman–Crippen LogP) is 0.963. The quantitative estimate of drug-likeness (QED) is 0.791. The number of aryl methyl sites for hydroxylation is 1. The van der Waals surface area contributed by atoms with Crippen molar-refractivity contribution in [3.05, 3.63) is 42.5 Å². The highest BCUT2D eigenvalue weighted by atomic mass is 32.2. The highest BCUT2D eigenvalue weighted by Crippen LogP contribution is 2.23. The molecule has 8 nitrogen and oxygen atoms in total. The smallest absolute Gasteiger partial charge is 0.246 e. The number of sulfonamides is 1. The van der Waals surface area contributed by atoms with Gasteiger partial charge in [-0.05, 0) is 31.9 Å². The Balaban J connectivity index is 1.61. The molecule has 1 N–H and O–H groups in total. The van der Waals surface area contributed by atoms with E-state index in [1.807, 2.05) is 25.1 Å². The normalized spacial score (nSPS) is 19.6. The minimum absolute atomic E-state index is 0.0716. The van der Waals surface area contributed by atoms with Crippen molar-refractivity contribution >= 4 is 15.9 Å². The van der Waals surface area contributed by atoms with Crippen molar-refractivity contribution in [1.82, 2.24) is 24.4 Å². The van der Waals surface area contributed by atoms with Crippen LogP contribution in [0.4, 0.5) is 0 Å². The van der Waals surface area contributed by atoms with E-state index in [0.29, 0.717) is 25.8 Å². The molecule has 1 fully saturated rings. The van der Waals surface area contributed by atoms with E-state index in [4.69, 9.17) is 0 Å². The summed E-state index contributed by atoms with van der Waals surface area (Å²) in [6.45, 7) is 2.55. The first kappa shape index (κ1) is 19.5. The zero-order valence-corrected chi connectivity index (χ0v) is 16.4. The fourth-order valence-corrected chi connectivity index (χ4v) is 4.81. The monoisotopic (exact) mass is 391 g/mol. The topological polar surface area (TPSA) is 97.2 Å². The molecule has 3 heterocycles. The second kappa shape index (κ2) is 8.18. The van der Waals surface area contributed by atoms with Crippen LogP contribution in [0.1, 0.15) is 25.5 Å². The van der Waals surface area contributed by atoms with Crippen molar-refractivity contribution in [3.8, 4) is 0 Å². The minimum Gasteiger partial charge on any atom is -0.353 e. The number of amides is 1. The molecule has 1 saturated heterocycles. The van der Waals surface area contributed by atoms with Crippen LogP contribution in [0.3, 0.4) is 0 Å². The van der Waals surface area contributed by atoms with Gasteiger partial charge in [-0.15, -0.1) is 0 Å². The van der Waals surface area contributed by atoms with Crippen molar-refractivity contribution in [2.75, 3.05) is 13.1 Å². The molecule has 2 atom stereocenters. The summed E-state index contributed by atoms with van der Waals surface area (Å²) in [5.41, 5.74) is 0.912. The summed E-state index contributed by atoms with van der Waals surface area (Å²) in [7, 11) is -1.95. The second-order valence-corrected chi connectivity index (χ2v) is 8.92. The minimum atomic E-state index is -3.62. The molecule has 1 aliphatic rings. The lowest BCUT2D eigenvalue weighted by atomic mass is 9.98. The molecule has 3 rings (SSSR count). The summed E-state index contributed by atoms with van der Waals surface area (Å²) in [6.07, 6.45) is 6.53. The van der Waals surface area contributed by atoms with Crippen LogP contribution in [-0.2, 0) is 28.3 Å². The van der Waals surface area contributed by atoms with Gasteiger partial charge < -0.3 is 5.32 Å². The molecule has 27 heavy (non-hydrogen) atoms. The zero-order chi connectivity index (χ0) is 19.4. The van der Waals surface area contributed by atoms with Crippen LogP contribution in [0.15, 0.2) is 41.7 Å². The van der Waals surface area contributed by atoms with E-state index in [9.17, 15) is 13.2 Å². The van der Waals surface area contributed by atoms with Gasteiger partial charge in [0.15, 0.2) is 0 Å². The Morgan fingerprint density at radius 3 is 2.89 bits per heavy atom. The first-order valence-corrected chi connectivity index (χ1v) is 10.5. The molecular formula is C18H25N5O3S. The third-order valence-electron chi connectivity index (χ3n) is 4.70. The molecule has 1 amide bonds. The van der Waals surface area contributed by atoms with Gasteiger partial charge in [-0.1, -0.05) is 6.07 Å². The molecule has 0 unspecified atom stereocenters. The van der Waals surface area contributed by atoms with Crippen LogP contribution < -0.4 is 5.32 Å². The summed E-state index contributed by atoms with van der Waals surface area (Å²) >= 11 is 0. The maximum absolute atomic E-state index is 12.8. The van der Waals surface area contributed by atoms with E-state index >= 15 is 0 Å². The van der Waals surface area contributed by atoms with Gasteiger partial charge in [0.05, 0.1) is 12.1 Å². The number of nitrogens with one attached hydrogen (secondary N) is 1. The summed E-state index contributed by atoms with van der Waals surface area (Å²) in [4.78, 5) is 17.1. The van der Waals surface area contributed by atoms with Gasteiger partial charge in [0.1, 0.15) is 4.90 Å². The number of hydrogen-bond acceptors (Lipinski definition) is 5. The van der Waals surface area contributed by atoms with E-state index in [1.54, 1.807) is 13.2 Å². The molecule has 2 aromatic rings. The zero-order valence-electron chi connectivity index (χ0n) is 15.6. The van der Waals surface area contributed by atoms with Crippen LogP contribution in [-0.4, -0.2) is 52.5 Å². The number of hydrogen-bond donors (Lipinski definition) is 1. The number of carbonyl (C=O) groups is 1. The molecule has 0 spiro atoms. The first-order chi connectivity index (χ1) is 12.9. The SMILES string of the molecule is C[C@@H](Cc1ccccn1)NC(=O)[C@@H]1CCCN(S(=O)(=O)c2cnn(C)c2)C1. The van der Waals surface area contributed by atoms with Gasteiger partial charge >= 0.3 is 0 Å². The molecule has 2 aromatic heterocycles. The van der Waals surface area contributed by atoms with Crippen LogP contribution in [0.25, 0.3) is 0 Å². The van der Waals surface area contributed by atoms with Crippen molar-refractivity contribution in [3.63, 3.8) is 0 Å². The molecule has 1 aliphatic heterocycles.